The van der Waals surface area contributed by atoms with Gasteiger partial charge in [0, 0.05) is 17.7 Å². The van der Waals surface area contributed by atoms with Crippen LogP contribution in [-0.4, -0.2) is 23.6 Å². The van der Waals surface area contributed by atoms with Crippen molar-refractivity contribution in [3.8, 4) is 6.07 Å². The summed E-state index contributed by atoms with van der Waals surface area (Å²) in [5.74, 6) is -6.64. The number of amides is 1. The molecule has 0 aliphatic carbocycles. The molecule has 2 aromatic rings. The number of benzene rings is 2. The van der Waals surface area contributed by atoms with E-state index in [1.54, 1.807) is 0 Å². The normalized spacial score (nSPS) is 14.2. The van der Waals surface area contributed by atoms with Gasteiger partial charge in [-0.2, -0.15) is 43.4 Å². The Hall–Kier alpha value is -2.13. The molecule has 2 N–H and O–H groups in total. The maximum Gasteiger partial charge on any atom is 0.417 e. The van der Waals surface area contributed by atoms with E-state index in [1.165, 1.54) is 6.92 Å². The Labute approximate surface area is 232 Å². The van der Waals surface area contributed by atoms with E-state index in [-0.39, 0.29) is 39.1 Å². The highest BCUT2D eigenvalue weighted by Gasteiger charge is 2.42. The van der Waals surface area contributed by atoms with Gasteiger partial charge >= 0.3 is 12.4 Å². The summed E-state index contributed by atoms with van der Waals surface area (Å²) in [5, 5.41) is 7.76. The summed E-state index contributed by atoms with van der Waals surface area (Å²) in [5.41, 5.74) is 0.499. The maximum absolute atomic E-state index is 15.6. The molecule has 1 amide bonds. The number of halogens is 10. The number of alkyl halides is 6. The Morgan fingerprint density at radius 3 is 2.13 bits per heavy atom. The Morgan fingerprint density at radius 1 is 1.11 bits per heavy atom. The first kappa shape index (κ1) is 32.1. The molecule has 206 valence electrons. The second-order valence-electron chi connectivity index (χ2n) is 8.03. The zero-order chi connectivity index (χ0) is 29.0. The van der Waals surface area contributed by atoms with E-state index < -0.39 is 63.7 Å². The van der Waals surface area contributed by atoms with Gasteiger partial charge in [0.1, 0.15) is 11.7 Å². The fourth-order valence-corrected chi connectivity index (χ4v) is 5.22. The van der Waals surface area contributed by atoms with Crippen molar-refractivity contribution in [2.75, 3.05) is 11.5 Å². The van der Waals surface area contributed by atoms with Crippen LogP contribution in [0.4, 0.5) is 30.7 Å². The monoisotopic (exact) mass is 620 g/mol. The van der Waals surface area contributed by atoms with Crippen LogP contribution in [0.2, 0.25) is 15.1 Å². The van der Waals surface area contributed by atoms with E-state index >= 15 is 4.39 Å². The number of allylic oxidation sites excluding steroid dienone is 1. The molecule has 14 heteroatoms. The molecule has 2 atom stereocenters. The van der Waals surface area contributed by atoms with Crippen molar-refractivity contribution in [2.45, 2.75) is 37.5 Å². The quantitative estimate of drug-likeness (QED) is 0.172. The number of rotatable bonds is 9. The molecule has 0 fully saturated rings. The van der Waals surface area contributed by atoms with Crippen LogP contribution in [0.1, 0.15) is 57.8 Å². The molecule has 3 nitrogen and oxygen atoms in total. The Morgan fingerprint density at radius 2 is 1.66 bits per heavy atom. The third kappa shape index (κ3) is 7.72. The highest BCUT2D eigenvalue weighted by molar-refractivity contribution is 7.99. The summed E-state index contributed by atoms with van der Waals surface area (Å²) in [6, 6.07) is 4.91. The number of nitrogens with zero attached hydrogens (tertiary/aromatic N) is 1. The van der Waals surface area contributed by atoms with Gasteiger partial charge in [-0.1, -0.05) is 47.8 Å². The van der Waals surface area contributed by atoms with Crippen LogP contribution >= 0.6 is 46.6 Å². The predicted octanol–water partition coefficient (Wildman–Crippen LogP) is 9.17. The minimum atomic E-state index is -5.19. The van der Waals surface area contributed by atoms with E-state index in [4.69, 9.17) is 45.8 Å². The molecule has 0 aliphatic heterocycles. The lowest BCUT2D eigenvalue weighted by Crippen LogP contribution is -2.23. The fraction of sp³-hybridized carbons (Fsp3) is 0.333. The minimum absolute atomic E-state index is 0.0572. The van der Waals surface area contributed by atoms with Crippen molar-refractivity contribution >= 4 is 58.3 Å². The third-order valence-electron chi connectivity index (χ3n) is 5.30. The highest BCUT2D eigenvalue weighted by Crippen LogP contribution is 2.45. The van der Waals surface area contributed by atoms with Crippen molar-refractivity contribution in [1.29, 1.82) is 5.26 Å². The third-order valence-corrected chi connectivity index (χ3v) is 7.73. The van der Waals surface area contributed by atoms with Gasteiger partial charge in [-0.25, -0.2) is 4.39 Å². The molecule has 0 saturated carbocycles. The van der Waals surface area contributed by atoms with Crippen LogP contribution in [0.25, 0.3) is 5.83 Å². The van der Waals surface area contributed by atoms with Crippen LogP contribution in [0.5, 0.6) is 0 Å². The Bertz CT molecular complexity index is 1250. The number of hydrogen-bond donors (Lipinski definition) is 1. The lowest BCUT2D eigenvalue weighted by Gasteiger charge is -2.24. The molecule has 2 rings (SSSR count). The fourth-order valence-electron chi connectivity index (χ4n) is 3.68. The van der Waals surface area contributed by atoms with Crippen molar-refractivity contribution in [3.05, 3.63) is 73.2 Å². The second kappa shape index (κ2) is 12.8. The molecule has 38 heavy (non-hydrogen) atoms. The van der Waals surface area contributed by atoms with Crippen molar-refractivity contribution < 1.29 is 35.5 Å². The zero-order valence-electron chi connectivity index (χ0n) is 19.3. The first-order chi connectivity index (χ1) is 17.5. The van der Waals surface area contributed by atoms with E-state index in [9.17, 15) is 31.1 Å². The van der Waals surface area contributed by atoms with E-state index in [1.807, 2.05) is 6.07 Å². The number of thioether (sulfide) groups is 1. The number of nitriles is 1. The molecule has 0 heterocycles. The topological polar surface area (TPSA) is 66.9 Å². The lowest BCUT2D eigenvalue weighted by molar-refractivity contribution is -0.140. The van der Waals surface area contributed by atoms with Gasteiger partial charge in [-0.3, -0.25) is 4.79 Å². The summed E-state index contributed by atoms with van der Waals surface area (Å²) in [4.78, 5) is 11.8. The molecule has 0 radical (unpaired) electrons. The van der Waals surface area contributed by atoms with Crippen LogP contribution in [0, 0.1) is 11.3 Å². The van der Waals surface area contributed by atoms with Crippen LogP contribution in [0.15, 0.2) is 30.3 Å². The number of hydrogen-bond acceptors (Lipinski definition) is 3. The number of carbonyl (C=O) groups is 1. The summed E-state index contributed by atoms with van der Waals surface area (Å²) in [6.45, 7) is 1.30. The summed E-state index contributed by atoms with van der Waals surface area (Å²) in [7, 11) is 0. The summed E-state index contributed by atoms with van der Waals surface area (Å²) >= 11 is 18.5. The molecule has 0 bridgehead atoms. The standard InChI is InChI=1S/C24H18Cl3F7N2OS/c1-11(10-38-6-2-5-35)19-13(3-4-14(22(36)37)20(19)24(32,33)34)18(28)9-15(23(29,30)31)12-7-16(25)21(27)17(26)8-12/h3-4,7-9,11,15H,2,6,10H2,1H3,(H2,36,37)/b18-9-/t11-,15?/m0/s1. The van der Waals surface area contributed by atoms with Crippen molar-refractivity contribution in [1.82, 2.24) is 0 Å². The number of primary amides is 1. The van der Waals surface area contributed by atoms with Crippen LogP contribution in [-0.2, 0) is 6.18 Å². The zero-order valence-corrected chi connectivity index (χ0v) is 22.4. The molecule has 2 aromatic carbocycles. The first-order valence-electron chi connectivity index (χ1n) is 10.6. The van der Waals surface area contributed by atoms with Gasteiger partial charge in [0.05, 0.1) is 32.3 Å². The molecular weight excluding hydrogens is 604 g/mol. The SMILES string of the molecule is C[C@@H](CSCCC#N)c1c(/C(F)=C/C(c2cc(Cl)c(Cl)c(Cl)c2)C(F)(F)F)ccc(C(N)=O)c1C(F)(F)F. The van der Waals surface area contributed by atoms with Crippen molar-refractivity contribution in [3.63, 3.8) is 0 Å². The largest absolute Gasteiger partial charge is 0.417 e. The molecular formula is C24H18Cl3F7N2OS. The van der Waals surface area contributed by atoms with E-state index in [0.717, 1.165) is 30.0 Å². The van der Waals surface area contributed by atoms with Gasteiger partial charge in [-0.05, 0) is 47.1 Å². The smallest absolute Gasteiger partial charge is 0.366 e. The Kier molecular flexibility index (Phi) is 10.8. The predicted molar refractivity (Wildman–Crippen MR) is 135 cm³/mol. The molecule has 1 unspecified atom stereocenters. The minimum Gasteiger partial charge on any atom is -0.366 e. The number of carbonyl (C=O) groups excluding carboxylic acids is 1. The van der Waals surface area contributed by atoms with E-state index in [2.05, 4.69) is 0 Å². The van der Waals surface area contributed by atoms with Gasteiger partial charge in [0.25, 0.3) is 0 Å². The molecule has 0 saturated heterocycles. The highest BCUT2D eigenvalue weighted by atomic mass is 35.5. The first-order valence-corrected chi connectivity index (χ1v) is 12.9. The van der Waals surface area contributed by atoms with Gasteiger partial charge < -0.3 is 5.73 Å². The molecule has 0 aliphatic rings. The molecule has 0 aromatic heterocycles. The van der Waals surface area contributed by atoms with Crippen LogP contribution in [0.3, 0.4) is 0 Å². The van der Waals surface area contributed by atoms with Crippen LogP contribution < -0.4 is 5.73 Å². The Balaban J connectivity index is 2.80. The average molecular weight is 622 g/mol. The van der Waals surface area contributed by atoms with Gasteiger partial charge in [0.15, 0.2) is 0 Å². The van der Waals surface area contributed by atoms with Gasteiger partial charge in [0.2, 0.25) is 5.91 Å². The molecule has 0 spiro atoms. The average Bonchev–Trinajstić information content (AvgIpc) is 2.80. The summed E-state index contributed by atoms with van der Waals surface area (Å²) < 4.78 is 99.9. The van der Waals surface area contributed by atoms with Crippen molar-refractivity contribution in [2.24, 2.45) is 5.73 Å². The summed E-state index contributed by atoms with van der Waals surface area (Å²) in [6.07, 6.45) is -10.1. The van der Waals surface area contributed by atoms with E-state index in [0.29, 0.717) is 6.07 Å². The lowest BCUT2D eigenvalue weighted by atomic mass is 9.86. The number of nitrogens with two attached hydrogens (primary N) is 1. The second-order valence-corrected chi connectivity index (χ2v) is 10.4. The van der Waals surface area contributed by atoms with Gasteiger partial charge in [-0.15, -0.1) is 0 Å². The maximum atomic E-state index is 15.6.